The summed E-state index contributed by atoms with van der Waals surface area (Å²) in [5, 5.41) is 27.1. The average molecular weight is 417 g/mol. The number of rotatable bonds is 6. The minimum atomic E-state index is -0.736. The van der Waals surface area contributed by atoms with Gasteiger partial charge in [0.25, 0.3) is 0 Å². The summed E-state index contributed by atoms with van der Waals surface area (Å²) in [5.74, 6) is 3.23. The first-order chi connectivity index (χ1) is 13.0. The highest BCUT2D eigenvalue weighted by Gasteiger charge is 2.33. The first-order valence-electron chi connectivity index (χ1n) is 9.44. The molecule has 5 nitrogen and oxygen atoms in total. The van der Waals surface area contributed by atoms with Gasteiger partial charge in [-0.1, -0.05) is 26.0 Å². The number of aliphatic hydroxyl groups is 3. The van der Waals surface area contributed by atoms with Crippen LogP contribution in [0, 0.1) is 5.92 Å². The number of aliphatic hydroxyl groups excluding tert-OH is 3. The van der Waals surface area contributed by atoms with Crippen molar-refractivity contribution in [2.75, 3.05) is 25.2 Å². The van der Waals surface area contributed by atoms with E-state index in [1.54, 1.807) is 7.11 Å². The van der Waals surface area contributed by atoms with E-state index in [2.05, 4.69) is 37.7 Å². The predicted octanol–water partition coefficient (Wildman–Crippen LogP) is 2.56. The zero-order chi connectivity index (χ0) is 19.8. The molecule has 0 aromatic heterocycles. The molecule has 1 aromatic carbocycles. The van der Waals surface area contributed by atoms with Gasteiger partial charge in [0.1, 0.15) is 5.75 Å². The van der Waals surface area contributed by atoms with Crippen molar-refractivity contribution < 1.29 is 24.8 Å². The Morgan fingerprint density at radius 2 is 1.74 bits per heavy atom. The molecule has 154 valence electrons. The van der Waals surface area contributed by atoms with Crippen LogP contribution in [0.5, 0.6) is 5.75 Å². The standard InChI is InChI=1S/C15H22O2S.C5H10O3S/c1-4-15-11(2)14(10-18-15)17-9-12-5-7-13(16-3)8-6-12;6-1-4-5(8)3(7)2-9-4/h5-8,11,14-15H,4,9-10H2,1-3H3;3-8H,1-2H2/t11-,14+,15+;3-,4-,5+/m01/s1. The lowest BCUT2D eigenvalue weighted by atomic mass is 10.0. The van der Waals surface area contributed by atoms with Gasteiger partial charge < -0.3 is 24.8 Å². The van der Waals surface area contributed by atoms with E-state index in [0.29, 0.717) is 24.4 Å². The van der Waals surface area contributed by atoms with E-state index in [1.807, 2.05) is 12.1 Å². The van der Waals surface area contributed by atoms with Gasteiger partial charge in [-0.25, -0.2) is 0 Å². The topological polar surface area (TPSA) is 79.2 Å². The SMILES string of the molecule is CC[C@H]1SC[C@@H](OCc2ccc(OC)cc2)[C@@H]1C.OC[C@H]1SC[C@@H](O)[C@@H]1O. The van der Waals surface area contributed by atoms with Gasteiger partial charge in [-0.05, 0) is 30.0 Å². The first-order valence-corrected chi connectivity index (χ1v) is 11.5. The van der Waals surface area contributed by atoms with E-state index in [4.69, 9.17) is 24.8 Å². The van der Waals surface area contributed by atoms with Crippen molar-refractivity contribution >= 4 is 23.5 Å². The van der Waals surface area contributed by atoms with Crippen molar-refractivity contribution in [3.63, 3.8) is 0 Å². The molecular formula is C20H32O5S2. The predicted molar refractivity (Wildman–Crippen MR) is 113 cm³/mol. The lowest BCUT2D eigenvalue weighted by Gasteiger charge is -2.19. The van der Waals surface area contributed by atoms with Crippen LogP contribution in [0.15, 0.2) is 24.3 Å². The highest BCUT2D eigenvalue weighted by atomic mass is 32.2. The van der Waals surface area contributed by atoms with Crippen molar-refractivity contribution in [1.29, 1.82) is 0 Å². The second-order valence-corrected chi connectivity index (χ2v) is 9.49. The summed E-state index contributed by atoms with van der Waals surface area (Å²) in [5.41, 5.74) is 1.22. The molecule has 0 bridgehead atoms. The molecule has 2 fully saturated rings. The lowest BCUT2D eigenvalue weighted by Crippen LogP contribution is -2.30. The van der Waals surface area contributed by atoms with Gasteiger partial charge in [0.2, 0.25) is 0 Å². The molecule has 0 saturated carbocycles. The molecule has 2 saturated heterocycles. The second-order valence-electron chi connectivity index (χ2n) is 6.95. The fraction of sp³-hybridized carbons (Fsp3) is 0.700. The van der Waals surface area contributed by atoms with Crippen LogP contribution in [0.3, 0.4) is 0 Å². The van der Waals surface area contributed by atoms with Gasteiger partial charge in [-0.15, -0.1) is 0 Å². The zero-order valence-corrected chi connectivity index (χ0v) is 17.9. The smallest absolute Gasteiger partial charge is 0.118 e. The molecule has 0 aliphatic carbocycles. The normalized spacial score (nSPS) is 32.8. The molecule has 3 N–H and O–H groups in total. The van der Waals surface area contributed by atoms with Gasteiger partial charge in [0, 0.05) is 16.8 Å². The number of hydrogen-bond donors (Lipinski definition) is 3. The maximum Gasteiger partial charge on any atom is 0.118 e. The number of thioether (sulfide) groups is 2. The molecule has 2 aliphatic heterocycles. The summed E-state index contributed by atoms with van der Waals surface area (Å²) >= 11 is 3.46. The lowest BCUT2D eigenvalue weighted by molar-refractivity contribution is 0.0268. The molecule has 2 heterocycles. The highest BCUT2D eigenvalue weighted by molar-refractivity contribution is 8.00. The molecule has 6 atom stereocenters. The van der Waals surface area contributed by atoms with Crippen LogP contribution < -0.4 is 4.74 Å². The van der Waals surface area contributed by atoms with Crippen LogP contribution in [0.25, 0.3) is 0 Å². The Labute approximate surface area is 170 Å². The maximum atomic E-state index is 9.03. The van der Waals surface area contributed by atoms with E-state index in [-0.39, 0.29) is 11.9 Å². The van der Waals surface area contributed by atoms with Crippen molar-refractivity contribution in [3.8, 4) is 5.75 Å². The van der Waals surface area contributed by atoms with Crippen LogP contribution in [0.1, 0.15) is 25.8 Å². The maximum absolute atomic E-state index is 9.03. The van der Waals surface area contributed by atoms with Crippen LogP contribution in [-0.2, 0) is 11.3 Å². The van der Waals surface area contributed by atoms with Gasteiger partial charge in [-0.3, -0.25) is 0 Å². The summed E-state index contributed by atoms with van der Waals surface area (Å²) in [7, 11) is 1.69. The van der Waals surface area contributed by atoms with Gasteiger partial charge in [-0.2, -0.15) is 23.5 Å². The van der Waals surface area contributed by atoms with Crippen LogP contribution in [0.4, 0.5) is 0 Å². The fourth-order valence-corrected chi connectivity index (χ4v) is 5.88. The van der Waals surface area contributed by atoms with Crippen molar-refractivity contribution in [2.45, 2.75) is 55.7 Å². The minimum absolute atomic E-state index is 0.0527. The third-order valence-corrected chi connectivity index (χ3v) is 8.21. The Bertz CT molecular complexity index is 542. The number of ether oxygens (including phenoxy) is 2. The largest absolute Gasteiger partial charge is 0.497 e. The molecule has 2 aliphatic rings. The van der Waals surface area contributed by atoms with E-state index in [1.165, 1.54) is 23.7 Å². The number of hydrogen-bond acceptors (Lipinski definition) is 7. The van der Waals surface area contributed by atoms with E-state index in [0.717, 1.165) is 16.8 Å². The quantitative estimate of drug-likeness (QED) is 0.658. The molecule has 1 aromatic rings. The Hall–Kier alpha value is -0.440. The third kappa shape index (κ3) is 6.54. The summed E-state index contributed by atoms with van der Waals surface area (Å²) < 4.78 is 11.2. The number of methoxy groups -OCH3 is 1. The molecular weight excluding hydrogens is 384 g/mol. The molecule has 0 unspecified atom stereocenters. The van der Waals surface area contributed by atoms with Crippen LogP contribution in [-0.4, -0.2) is 69.4 Å². The van der Waals surface area contributed by atoms with E-state index in [9.17, 15) is 0 Å². The van der Waals surface area contributed by atoms with Crippen molar-refractivity contribution in [2.24, 2.45) is 5.92 Å². The Morgan fingerprint density at radius 3 is 2.19 bits per heavy atom. The monoisotopic (exact) mass is 416 g/mol. The molecule has 0 amide bonds. The summed E-state index contributed by atoms with van der Waals surface area (Å²) in [4.78, 5) is 0. The zero-order valence-electron chi connectivity index (χ0n) is 16.3. The fourth-order valence-electron chi connectivity index (χ4n) is 3.20. The second kappa shape index (κ2) is 11.5. The van der Waals surface area contributed by atoms with Crippen LogP contribution in [0.2, 0.25) is 0 Å². The molecule has 27 heavy (non-hydrogen) atoms. The van der Waals surface area contributed by atoms with E-state index < -0.39 is 12.2 Å². The molecule has 3 rings (SSSR count). The third-order valence-electron chi connectivity index (χ3n) is 5.11. The first kappa shape index (κ1) is 22.8. The van der Waals surface area contributed by atoms with Gasteiger partial charge in [0.15, 0.2) is 0 Å². The Kier molecular flexibility index (Phi) is 9.76. The van der Waals surface area contributed by atoms with E-state index >= 15 is 0 Å². The Balaban J connectivity index is 0.000000244. The number of benzene rings is 1. The summed E-state index contributed by atoms with van der Waals surface area (Å²) in [6, 6.07) is 8.12. The minimum Gasteiger partial charge on any atom is -0.497 e. The van der Waals surface area contributed by atoms with Gasteiger partial charge >= 0.3 is 0 Å². The van der Waals surface area contributed by atoms with Gasteiger partial charge in [0.05, 0.1) is 43.9 Å². The molecule has 0 spiro atoms. The summed E-state index contributed by atoms with van der Waals surface area (Å²) in [6.45, 7) is 5.23. The molecule has 0 radical (unpaired) electrons. The average Bonchev–Trinajstić information content (AvgIpc) is 3.22. The molecule has 7 heteroatoms. The Morgan fingerprint density at radius 1 is 1.07 bits per heavy atom. The van der Waals surface area contributed by atoms with Crippen molar-refractivity contribution in [3.05, 3.63) is 29.8 Å². The summed E-state index contributed by atoms with van der Waals surface area (Å²) in [6.07, 6.45) is 0.267. The van der Waals surface area contributed by atoms with Crippen LogP contribution >= 0.6 is 23.5 Å². The highest BCUT2D eigenvalue weighted by Crippen LogP contribution is 2.36. The van der Waals surface area contributed by atoms with Crippen molar-refractivity contribution in [1.82, 2.24) is 0 Å².